The van der Waals surface area contributed by atoms with Gasteiger partial charge < -0.3 is 31.7 Å². The van der Waals surface area contributed by atoms with E-state index in [0.29, 0.717) is 0 Å². The summed E-state index contributed by atoms with van der Waals surface area (Å²) in [5, 5.41) is 18.0. The molecule has 9 heteroatoms. The van der Waals surface area contributed by atoms with Gasteiger partial charge in [-0.3, -0.25) is 0 Å². The van der Waals surface area contributed by atoms with Crippen molar-refractivity contribution in [1.29, 1.82) is 0 Å². The van der Waals surface area contributed by atoms with Crippen molar-refractivity contribution in [3.63, 3.8) is 0 Å². The van der Waals surface area contributed by atoms with E-state index in [1.54, 1.807) is 0 Å². The maximum atomic E-state index is 8.00. The molecule has 94 valence electrons. The summed E-state index contributed by atoms with van der Waals surface area (Å²) < 4.78 is 0. The van der Waals surface area contributed by atoms with Crippen LogP contribution in [0.2, 0.25) is 0 Å². The van der Waals surface area contributed by atoms with Crippen LogP contribution in [0.3, 0.4) is 0 Å². The van der Waals surface area contributed by atoms with Crippen molar-refractivity contribution in [2.24, 2.45) is 22.1 Å². The van der Waals surface area contributed by atoms with Gasteiger partial charge in [0, 0.05) is 32.5 Å². The second kappa shape index (κ2) is 15.8. The second-order valence-electron chi connectivity index (χ2n) is 2.76. The van der Waals surface area contributed by atoms with Crippen LogP contribution in [0, 0.1) is 20.2 Å². The first kappa shape index (κ1) is 19.9. The predicted molar refractivity (Wildman–Crippen MR) is 52.7 cm³/mol. The number of hydrogen-bond donors (Lipinski definition) is 2. The van der Waals surface area contributed by atoms with Gasteiger partial charge in [-0.15, -0.1) is 10.7 Å². The zero-order valence-corrected chi connectivity index (χ0v) is 9.54. The monoisotopic (exact) mass is 312 g/mol. The van der Waals surface area contributed by atoms with Crippen molar-refractivity contribution in [1.82, 2.24) is 0 Å². The average Bonchev–Trinajstić information content (AvgIpc) is 2.13. The molecule has 0 radical (unpaired) electrons. The zero-order chi connectivity index (χ0) is 11.4. The molecule has 1 aliphatic rings. The van der Waals surface area contributed by atoms with Crippen LogP contribution in [0.5, 0.6) is 0 Å². The Kier molecular flexibility index (Phi) is 21.0. The molecular weight excluding hydrogens is 299 g/mol. The summed E-state index contributed by atoms with van der Waals surface area (Å²) in [5.74, 6) is 0. The third-order valence-corrected chi connectivity index (χ3v) is 1.87. The molecule has 0 aromatic carbocycles. The van der Waals surface area contributed by atoms with Crippen molar-refractivity contribution in [3.8, 4) is 0 Å². The van der Waals surface area contributed by atoms with Crippen molar-refractivity contribution in [2.45, 2.75) is 37.8 Å². The summed E-state index contributed by atoms with van der Waals surface area (Å²) in [6, 6.07) is 0.562. The fraction of sp³-hybridized carbons (Fsp3) is 1.00. The molecule has 2 unspecified atom stereocenters. The van der Waals surface area contributed by atoms with E-state index in [1.807, 2.05) is 0 Å². The van der Waals surface area contributed by atoms with Crippen LogP contribution in [0.25, 0.3) is 0 Å². The molecule has 4 N–H and O–H groups in total. The third kappa shape index (κ3) is 16.1. The average molecular weight is 313 g/mol. The standard InChI is InChI=1S/C6H14N2.2HNO2.Pd/c7-5-3-1-2-4-6(5)8;2*2-1-3;/h5-6H,1-4,7-8H2;2*(H,2,3);/p-2. The number of nitrogens with two attached hydrogens (primary N) is 2. The minimum atomic E-state index is 0. The van der Waals surface area contributed by atoms with Crippen molar-refractivity contribution in [3.05, 3.63) is 20.2 Å². The summed E-state index contributed by atoms with van der Waals surface area (Å²) in [4.78, 5) is 16.0. The Balaban J connectivity index is -0.000000177. The predicted octanol–water partition coefficient (Wildman–Crippen LogP) is 0.714. The molecule has 0 saturated heterocycles. The van der Waals surface area contributed by atoms with E-state index in [2.05, 4.69) is 0 Å². The van der Waals surface area contributed by atoms with Crippen LogP contribution in [-0.4, -0.2) is 12.1 Å². The number of rotatable bonds is 0. The van der Waals surface area contributed by atoms with Gasteiger partial charge in [0.15, 0.2) is 0 Å². The minimum absolute atomic E-state index is 0. The molecule has 0 amide bonds. The maximum Gasteiger partial charge on any atom is 0.0192 e. The van der Waals surface area contributed by atoms with Crippen LogP contribution in [0.15, 0.2) is 10.7 Å². The largest absolute Gasteiger partial charge is 0.444 e. The van der Waals surface area contributed by atoms with Crippen LogP contribution in [-0.2, 0) is 20.4 Å². The van der Waals surface area contributed by atoms with E-state index in [4.69, 9.17) is 31.7 Å². The first-order valence-electron chi connectivity index (χ1n) is 4.05. The van der Waals surface area contributed by atoms with Gasteiger partial charge in [-0.1, -0.05) is 12.8 Å². The SMILES string of the molecule is NC1CCCCC1N.O=N[O-].O=N[O-].[Pd]. The molecule has 8 nitrogen and oxygen atoms in total. The molecule has 0 aliphatic heterocycles. The topological polar surface area (TPSA) is 157 Å². The van der Waals surface area contributed by atoms with Crippen LogP contribution >= 0.6 is 0 Å². The van der Waals surface area contributed by atoms with Gasteiger partial charge >= 0.3 is 0 Å². The quantitative estimate of drug-likeness (QED) is 0.381. The van der Waals surface area contributed by atoms with Crippen LogP contribution in [0.1, 0.15) is 25.7 Å². The molecular formula is C6H14N4O4Pd-2. The maximum absolute atomic E-state index is 8.00. The Morgan fingerprint density at radius 2 is 1.13 bits per heavy atom. The molecule has 1 rings (SSSR count). The molecule has 0 aromatic heterocycles. The Bertz CT molecular complexity index is 135. The van der Waals surface area contributed by atoms with Gasteiger partial charge in [0.2, 0.25) is 0 Å². The molecule has 1 aliphatic carbocycles. The summed E-state index contributed by atoms with van der Waals surface area (Å²) in [6.45, 7) is 0. The van der Waals surface area contributed by atoms with Gasteiger partial charge in [0.05, 0.1) is 0 Å². The molecule has 1 saturated carbocycles. The third-order valence-electron chi connectivity index (χ3n) is 1.87. The van der Waals surface area contributed by atoms with Crippen molar-refractivity contribution >= 4 is 0 Å². The van der Waals surface area contributed by atoms with E-state index in [0.717, 1.165) is 23.5 Å². The van der Waals surface area contributed by atoms with Gasteiger partial charge in [-0.2, -0.15) is 0 Å². The van der Waals surface area contributed by atoms with Crippen LogP contribution in [0.4, 0.5) is 0 Å². The molecule has 2 atom stereocenters. The van der Waals surface area contributed by atoms with E-state index in [-0.39, 0.29) is 32.5 Å². The van der Waals surface area contributed by atoms with E-state index in [1.165, 1.54) is 12.8 Å². The summed E-state index contributed by atoms with van der Waals surface area (Å²) in [7, 11) is 0. The fourth-order valence-corrected chi connectivity index (χ4v) is 1.19. The summed E-state index contributed by atoms with van der Waals surface area (Å²) >= 11 is 0. The van der Waals surface area contributed by atoms with E-state index < -0.39 is 0 Å². The second-order valence-corrected chi connectivity index (χ2v) is 2.76. The normalized spacial score (nSPS) is 22.8. The first-order valence-corrected chi connectivity index (χ1v) is 4.05. The molecule has 0 heterocycles. The van der Waals surface area contributed by atoms with E-state index >= 15 is 0 Å². The molecule has 0 bridgehead atoms. The zero-order valence-electron chi connectivity index (χ0n) is 7.98. The van der Waals surface area contributed by atoms with Crippen molar-refractivity contribution in [2.75, 3.05) is 0 Å². The molecule has 15 heavy (non-hydrogen) atoms. The summed E-state index contributed by atoms with van der Waals surface area (Å²) in [6.07, 6.45) is 4.80. The molecule has 0 aromatic rings. The summed E-state index contributed by atoms with van der Waals surface area (Å²) in [5.41, 5.74) is 11.3. The van der Waals surface area contributed by atoms with Gasteiger partial charge in [-0.05, 0) is 12.8 Å². The first-order chi connectivity index (χ1) is 6.63. The minimum Gasteiger partial charge on any atom is -0.444 e. The smallest absolute Gasteiger partial charge is 0.0192 e. The van der Waals surface area contributed by atoms with Gasteiger partial charge in [-0.25, -0.2) is 0 Å². The van der Waals surface area contributed by atoms with E-state index in [9.17, 15) is 0 Å². The fourth-order valence-electron chi connectivity index (χ4n) is 1.19. The molecule has 0 spiro atoms. The van der Waals surface area contributed by atoms with Gasteiger partial charge in [0.25, 0.3) is 0 Å². The Hall–Kier alpha value is -0.618. The Labute approximate surface area is 101 Å². The van der Waals surface area contributed by atoms with Gasteiger partial charge in [0.1, 0.15) is 0 Å². The number of nitrogens with zero attached hydrogens (tertiary/aromatic N) is 2. The van der Waals surface area contributed by atoms with Crippen LogP contribution < -0.4 is 11.5 Å². The van der Waals surface area contributed by atoms with Crippen molar-refractivity contribution < 1.29 is 20.4 Å². The Morgan fingerprint density at radius 3 is 1.27 bits per heavy atom. The number of hydrogen-bond acceptors (Lipinski definition) is 8. The Morgan fingerprint density at radius 1 is 0.933 bits per heavy atom. The molecule has 1 fully saturated rings.